The number of unbranched alkanes of at least 4 members (excludes halogenated alkanes) is 1. The molecule has 0 spiro atoms. The number of amides is 4. The van der Waals surface area contributed by atoms with Crippen LogP contribution in [0.4, 0.5) is 10.5 Å². The van der Waals surface area contributed by atoms with E-state index in [1.165, 1.54) is 6.08 Å². The average Bonchev–Trinajstić information content (AvgIpc) is 2.92. The zero-order chi connectivity index (χ0) is 27.1. The number of rotatable bonds is 10. The van der Waals surface area contributed by atoms with Crippen LogP contribution in [0.5, 0.6) is 17.2 Å². The van der Waals surface area contributed by atoms with Crippen LogP contribution in [0.25, 0.3) is 6.08 Å². The van der Waals surface area contributed by atoms with Gasteiger partial charge in [0.1, 0.15) is 29.4 Å². The first kappa shape index (κ1) is 26.5. The highest BCUT2D eigenvalue weighted by Crippen LogP contribution is 2.30. The molecule has 1 N–H and O–H groups in total. The predicted molar refractivity (Wildman–Crippen MR) is 144 cm³/mol. The Bertz CT molecular complexity index is 1350. The van der Waals surface area contributed by atoms with Crippen molar-refractivity contribution in [1.29, 1.82) is 0 Å². The van der Waals surface area contributed by atoms with Crippen molar-refractivity contribution in [3.05, 3.63) is 89.0 Å². The number of carbonyl (C=O) groups is 3. The van der Waals surface area contributed by atoms with E-state index < -0.39 is 17.8 Å². The van der Waals surface area contributed by atoms with Gasteiger partial charge in [-0.25, -0.2) is 9.69 Å². The van der Waals surface area contributed by atoms with Crippen LogP contribution in [0.15, 0.2) is 72.3 Å². The Morgan fingerprint density at radius 2 is 1.61 bits per heavy atom. The molecule has 0 aromatic heterocycles. The second kappa shape index (κ2) is 12.1. The van der Waals surface area contributed by atoms with Gasteiger partial charge in [-0.1, -0.05) is 43.2 Å². The first-order valence-corrected chi connectivity index (χ1v) is 12.4. The summed E-state index contributed by atoms with van der Waals surface area (Å²) in [6.45, 7) is 4.94. The molecule has 8 nitrogen and oxygen atoms in total. The molecule has 1 saturated heterocycles. The van der Waals surface area contributed by atoms with E-state index in [9.17, 15) is 14.4 Å². The fourth-order valence-corrected chi connectivity index (χ4v) is 3.80. The summed E-state index contributed by atoms with van der Waals surface area (Å²) in [7, 11) is 1.54. The van der Waals surface area contributed by atoms with Crippen LogP contribution >= 0.6 is 0 Å². The second-order valence-corrected chi connectivity index (χ2v) is 8.83. The topological polar surface area (TPSA) is 94.2 Å². The van der Waals surface area contributed by atoms with Crippen molar-refractivity contribution in [2.75, 3.05) is 18.6 Å². The maximum atomic E-state index is 13.4. The number of hydrogen-bond donors (Lipinski definition) is 1. The molecule has 1 heterocycles. The van der Waals surface area contributed by atoms with Gasteiger partial charge in [0.05, 0.1) is 19.4 Å². The van der Waals surface area contributed by atoms with E-state index >= 15 is 0 Å². The number of aryl methyl sites for hydroxylation is 1. The molecule has 0 unspecified atom stereocenters. The van der Waals surface area contributed by atoms with Crippen molar-refractivity contribution in [3.8, 4) is 17.2 Å². The lowest BCUT2D eigenvalue weighted by molar-refractivity contribution is -0.122. The molecular weight excluding hydrogens is 484 g/mol. The fourth-order valence-electron chi connectivity index (χ4n) is 3.80. The Balaban J connectivity index is 1.60. The SMILES string of the molecule is CCCCOc1ccc(N2C(=O)NC(=O)/C(=C/c3ccc(OC)cc3OCc3ccc(C)cc3)C2=O)cc1. The Labute approximate surface area is 221 Å². The molecule has 1 aliphatic heterocycles. The summed E-state index contributed by atoms with van der Waals surface area (Å²) in [5.74, 6) is 0.0980. The Morgan fingerprint density at radius 1 is 0.895 bits per heavy atom. The third kappa shape index (κ3) is 6.21. The fraction of sp³-hybridized carbons (Fsp3) is 0.233. The van der Waals surface area contributed by atoms with E-state index in [0.717, 1.165) is 28.9 Å². The molecule has 4 rings (SSSR count). The van der Waals surface area contributed by atoms with Crippen LogP contribution in [0.3, 0.4) is 0 Å². The molecule has 0 atom stereocenters. The van der Waals surface area contributed by atoms with Crippen LogP contribution < -0.4 is 24.4 Å². The summed E-state index contributed by atoms with van der Waals surface area (Å²) in [6, 6.07) is 18.8. The maximum absolute atomic E-state index is 13.4. The molecule has 1 aliphatic rings. The number of anilines is 1. The van der Waals surface area contributed by atoms with E-state index in [-0.39, 0.29) is 12.2 Å². The number of benzene rings is 3. The number of imide groups is 2. The lowest BCUT2D eigenvalue weighted by Gasteiger charge is -2.26. The molecule has 3 aromatic rings. The molecular formula is C30H30N2O6. The lowest BCUT2D eigenvalue weighted by atomic mass is 10.1. The predicted octanol–water partition coefficient (Wildman–Crippen LogP) is 5.43. The van der Waals surface area contributed by atoms with Crippen LogP contribution in [0, 0.1) is 6.92 Å². The molecule has 8 heteroatoms. The summed E-state index contributed by atoms with van der Waals surface area (Å²) >= 11 is 0. The zero-order valence-corrected chi connectivity index (χ0v) is 21.7. The number of nitrogens with one attached hydrogen (secondary N) is 1. The van der Waals surface area contributed by atoms with Crippen molar-refractivity contribution in [2.45, 2.75) is 33.3 Å². The number of ether oxygens (including phenoxy) is 3. The van der Waals surface area contributed by atoms with Crippen LogP contribution in [0.2, 0.25) is 0 Å². The smallest absolute Gasteiger partial charge is 0.335 e. The van der Waals surface area contributed by atoms with Crippen LogP contribution in [-0.4, -0.2) is 31.6 Å². The van der Waals surface area contributed by atoms with E-state index in [4.69, 9.17) is 14.2 Å². The highest BCUT2D eigenvalue weighted by molar-refractivity contribution is 6.39. The number of urea groups is 1. The monoisotopic (exact) mass is 514 g/mol. The van der Waals surface area contributed by atoms with Gasteiger partial charge in [-0.2, -0.15) is 0 Å². The maximum Gasteiger partial charge on any atom is 0.335 e. The summed E-state index contributed by atoms with van der Waals surface area (Å²) in [4.78, 5) is 39.6. The highest BCUT2D eigenvalue weighted by Gasteiger charge is 2.37. The molecule has 1 fully saturated rings. The number of hydrogen-bond acceptors (Lipinski definition) is 6. The number of barbiturate groups is 1. The van der Waals surface area contributed by atoms with Gasteiger partial charge in [-0.3, -0.25) is 14.9 Å². The van der Waals surface area contributed by atoms with Gasteiger partial charge in [0, 0.05) is 11.6 Å². The first-order chi connectivity index (χ1) is 18.4. The van der Waals surface area contributed by atoms with Crippen molar-refractivity contribution in [3.63, 3.8) is 0 Å². The minimum Gasteiger partial charge on any atom is -0.497 e. The van der Waals surface area contributed by atoms with Gasteiger partial charge < -0.3 is 14.2 Å². The van der Waals surface area contributed by atoms with E-state index in [0.29, 0.717) is 35.1 Å². The Morgan fingerprint density at radius 3 is 2.29 bits per heavy atom. The van der Waals surface area contributed by atoms with Gasteiger partial charge in [-0.05, 0) is 61.4 Å². The third-order valence-electron chi connectivity index (χ3n) is 6.00. The third-order valence-corrected chi connectivity index (χ3v) is 6.00. The van der Waals surface area contributed by atoms with Crippen LogP contribution in [-0.2, 0) is 16.2 Å². The molecule has 3 aromatic carbocycles. The van der Waals surface area contributed by atoms with E-state index in [1.807, 2.05) is 31.2 Å². The Hall–Kier alpha value is -4.59. The molecule has 38 heavy (non-hydrogen) atoms. The first-order valence-electron chi connectivity index (χ1n) is 12.4. The molecule has 0 aliphatic carbocycles. The Kier molecular flexibility index (Phi) is 8.43. The van der Waals surface area contributed by atoms with E-state index in [1.54, 1.807) is 49.6 Å². The summed E-state index contributed by atoms with van der Waals surface area (Å²) in [5.41, 5.74) is 2.71. The molecule has 0 radical (unpaired) electrons. The quantitative estimate of drug-likeness (QED) is 0.220. The minimum atomic E-state index is -0.817. The number of methoxy groups -OCH3 is 1. The molecule has 4 amide bonds. The van der Waals surface area contributed by atoms with Crippen molar-refractivity contribution in [1.82, 2.24) is 5.32 Å². The summed E-state index contributed by atoms with van der Waals surface area (Å²) in [5, 5.41) is 2.25. The van der Waals surface area contributed by atoms with Gasteiger partial charge in [0.25, 0.3) is 11.8 Å². The van der Waals surface area contributed by atoms with Crippen molar-refractivity contribution >= 4 is 29.6 Å². The van der Waals surface area contributed by atoms with Crippen molar-refractivity contribution < 1.29 is 28.6 Å². The number of carbonyl (C=O) groups excluding carboxylic acids is 3. The summed E-state index contributed by atoms with van der Waals surface area (Å²) < 4.78 is 17.0. The largest absolute Gasteiger partial charge is 0.497 e. The molecule has 0 saturated carbocycles. The van der Waals surface area contributed by atoms with Gasteiger partial charge >= 0.3 is 6.03 Å². The highest BCUT2D eigenvalue weighted by atomic mass is 16.5. The normalized spacial score (nSPS) is 14.4. The summed E-state index contributed by atoms with van der Waals surface area (Å²) in [6.07, 6.45) is 3.35. The van der Waals surface area contributed by atoms with Crippen LogP contribution in [0.1, 0.15) is 36.5 Å². The van der Waals surface area contributed by atoms with Gasteiger partial charge in [0.15, 0.2) is 0 Å². The zero-order valence-electron chi connectivity index (χ0n) is 21.7. The number of nitrogens with zero attached hydrogens (tertiary/aromatic N) is 1. The standard InChI is InChI=1S/C30H30N2O6/c1-4-5-16-37-24-14-11-23(12-15-24)32-29(34)26(28(33)31-30(32)35)17-22-10-13-25(36-3)18-27(22)38-19-21-8-6-20(2)7-9-21/h6-15,17-18H,4-5,16,19H2,1-3H3,(H,31,33,35)/b26-17-. The molecule has 196 valence electrons. The minimum absolute atomic E-state index is 0.196. The van der Waals surface area contributed by atoms with E-state index in [2.05, 4.69) is 12.2 Å². The van der Waals surface area contributed by atoms with Gasteiger partial charge in [0.2, 0.25) is 0 Å². The van der Waals surface area contributed by atoms with Crippen molar-refractivity contribution in [2.24, 2.45) is 0 Å². The second-order valence-electron chi connectivity index (χ2n) is 8.83. The average molecular weight is 515 g/mol. The molecule has 0 bridgehead atoms. The van der Waals surface area contributed by atoms with Gasteiger partial charge in [-0.15, -0.1) is 0 Å². The lowest BCUT2D eigenvalue weighted by Crippen LogP contribution is -2.54.